The zero-order valence-electron chi connectivity index (χ0n) is 7.74. The van der Waals surface area contributed by atoms with Gasteiger partial charge in [0, 0.05) is 6.08 Å². The highest BCUT2D eigenvalue weighted by atomic mass is 16.4. The molecule has 2 nitrogen and oxygen atoms in total. The lowest BCUT2D eigenvalue weighted by Crippen LogP contribution is -1.88. The molecule has 0 saturated heterocycles. The fraction of sp³-hybridized carbons (Fsp3) is 0.182. The Labute approximate surface area is 77.5 Å². The number of carbonyl (C=O) groups is 1. The van der Waals surface area contributed by atoms with Crippen molar-refractivity contribution >= 4 is 12.0 Å². The molecule has 0 aliphatic heterocycles. The maximum absolute atomic E-state index is 10.3. The molecule has 1 rings (SSSR count). The minimum absolute atomic E-state index is 0.916. The number of aryl methyl sites for hydroxylation is 1. The Morgan fingerprint density at radius 1 is 1.38 bits per heavy atom. The van der Waals surface area contributed by atoms with Gasteiger partial charge in [-0.25, -0.2) is 4.79 Å². The molecule has 0 saturated carbocycles. The van der Waals surface area contributed by atoms with Crippen LogP contribution in [0, 0.1) is 13.8 Å². The summed E-state index contributed by atoms with van der Waals surface area (Å²) in [6.07, 6.45) is 2.77. The quantitative estimate of drug-likeness (QED) is 0.702. The molecule has 0 heterocycles. The van der Waals surface area contributed by atoms with Crippen molar-refractivity contribution < 1.29 is 9.90 Å². The van der Waals surface area contributed by atoms with E-state index in [1.807, 2.05) is 32.0 Å². The Balaban J connectivity index is 3.02. The number of carboxylic acid groups (broad SMARTS) is 1. The maximum Gasteiger partial charge on any atom is 0.328 e. The molecule has 0 amide bonds. The Morgan fingerprint density at radius 2 is 2.08 bits per heavy atom. The third-order valence-electron chi connectivity index (χ3n) is 2.05. The SMILES string of the molecule is Cc1cccc(/C=C/C(=O)O)c1C. The Kier molecular flexibility index (Phi) is 2.85. The van der Waals surface area contributed by atoms with Crippen molar-refractivity contribution in [3.05, 3.63) is 41.0 Å². The van der Waals surface area contributed by atoms with Crippen LogP contribution in [0.5, 0.6) is 0 Å². The number of rotatable bonds is 2. The zero-order valence-corrected chi connectivity index (χ0v) is 7.74. The molecule has 0 atom stereocenters. The van der Waals surface area contributed by atoms with Crippen LogP contribution < -0.4 is 0 Å². The summed E-state index contributed by atoms with van der Waals surface area (Å²) in [7, 11) is 0. The molecule has 1 aromatic rings. The van der Waals surface area contributed by atoms with Gasteiger partial charge in [-0.15, -0.1) is 0 Å². The van der Waals surface area contributed by atoms with Crippen molar-refractivity contribution in [2.24, 2.45) is 0 Å². The van der Waals surface area contributed by atoms with E-state index in [1.54, 1.807) is 6.08 Å². The lowest BCUT2D eigenvalue weighted by Gasteiger charge is -2.02. The largest absolute Gasteiger partial charge is 0.478 e. The Hall–Kier alpha value is -1.57. The lowest BCUT2D eigenvalue weighted by molar-refractivity contribution is -0.131. The summed E-state index contributed by atoms with van der Waals surface area (Å²) >= 11 is 0. The van der Waals surface area contributed by atoms with Crippen molar-refractivity contribution in [2.75, 3.05) is 0 Å². The highest BCUT2D eigenvalue weighted by Gasteiger charge is 1.96. The molecule has 0 bridgehead atoms. The van der Waals surface area contributed by atoms with Gasteiger partial charge < -0.3 is 5.11 Å². The van der Waals surface area contributed by atoms with Gasteiger partial charge in [0.25, 0.3) is 0 Å². The second-order valence-electron chi connectivity index (χ2n) is 2.96. The molecule has 0 radical (unpaired) electrons. The molecular weight excluding hydrogens is 164 g/mol. The summed E-state index contributed by atoms with van der Waals surface area (Å²) in [6, 6.07) is 5.83. The summed E-state index contributed by atoms with van der Waals surface area (Å²) < 4.78 is 0. The van der Waals surface area contributed by atoms with Crippen molar-refractivity contribution in [1.29, 1.82) is 0 Å². The topological polar surface area (TPSA) is 37.3 Å². The number of hydrogen-bond acceptors (Lipinski definition) is 1. The van der Waals surface area contributed by atoms with E-state index in [4.69, 9.17) is 5.11 Å². The van der Waals surface area contributed by atoms with Gasteiger partial charge in [0.15, 0.2) is 0 Å². The number of aliphatic carboxylic acids is 1. The molecule has 0 unspecified atom stereocenters. The standard InChI is InChI=1S/C11H12O2/c1-8-4-3-5-10(9(8)2)6-7-11(12)13/h3-7H,1-2H3,(H,12,13)/b7-6+. The monoisotopic (exact) mass is 176 g/mol. The van der Waals surface area contributed by atoms with Gasteiger partial charge in [0.2, 0.25) is 0 Å². The van der Waals surface area contributed by atoms with Crippen LogP contribution in [0.1, 0.15) is 16.7 Å². The number of benzene rings is 1. The fourth-order valence-corrected chi connectivity index (χ4v) is 1.12. The van der Waals surface area contributed by atoms with Crippen LogP contribution in [0.15, 0.2) is 24.3 Å². The summed E-state index contributed by atoms with van der Waals surface area (Å²) in [6.45, 7) is 3.99. The van der Waals surface area contributed by atoms with Gasteiger partial charge in [-0.2, -0.15) is 0 Å². The van der Waals surface area contributed by atoms with Crippen LogP contribution in [0.4, 0.5) is 0 Å². The molecule has 0 fully saturated rings. The first-order chi connectivity index (χ1) is 6.11. The maximum atomic E-state index is 10.3. The first kappa shape index (κ1) is 9.52. The number of carboxylic acids is 1. The highest BCUT2D eigenvalue weighted by Crippen LogP contribution is 2.13. The predicted octanol–water partition coefficient (Wildman–Crippen LogP) is 2.40. The Bertz CT molecular complexity index is 351. The third-order valence-corrected chi connectivity index (χ3v) is 2.05. The van der Waals surface area contributed by atoms with E-state index in [2.05, 4.69) is 0 Å². The van der Waals surface area contributed by atoms with Crippen LogP contribution in [0.2, 0.25) is 0 Å². The van der Waals surface area contributed by atoms with E-state index in [1.165, 1.54) is 5.56 Å². The van der Waals surface area contributed by atoms with Crippen LogP contribution in [0.25, 0.3) is 6.08 Å². The van der Waals surface area contributed by atoms with E-state index in [-0.39, 0.29) is 0 Å². The fourth-order valence-electron chi connectivity index (χ4n) is 1.12. The van der Waals surface area contributed by atoms with Gasteiger partial charge in [-0.05, 0) is 36.6 Å². The van der Waals surface area contributed by atoms with Gasteiger partial charge in [0.05, 0.1) is 0 Å². The average molecular weight is 176 g/mol. The van der Waals surface area contributed by atoms with Gasteiger partial charge in [-0.1, -0.05) is 18.2 Å². The third kappa shape index (κ3) is 2.44. The summed E-state index contributed by atoms with van der Waals surface area (Å²) in [5.74, 6) is -0.916. The first-order valence-electron chi connectivity index (χ1n) is 4.08. The average Bonchev–Trinajstić information content (AvgIpc) is 2.07. The normalized spacial score (nSPS) is 10.6. The van der Waals surface area contributed by atoms with Crippen LogP contribution in [0.3, 0.4) is 0 Å². The van der Waals surface area contributed by atoms with Crippen molar-refractivity contribution in [3.8, 4) is 0 Å². The minimum Gasteiger partial charge on any atom is -0.478 e. The van der Waals surface area contributed by atoms with Gasteiger partial charge in [-0.3, -0.25) is 0 Å². The van der Waals surface area contributed by atoms with Crippen LogP contribution in [-0.4, -0.2) is 11.1 Å². The molecule has 1 aromatic carbocycles. The van der Waals surface area contributed by atoms with Gasteiger partial charge in [0.1, 0.15) is 0 Å². The first-order valence-corrected chi connectivity index (χ1v) is 4.08. The van der Waals surface area contributed by atoms with E-state index in [9.17, 15) is 4.79 Å². The van der Waals surface area contributed by atoms with E-state index in [0.717, 1.165) is 17.2 Å². The molecule has 68 valence electrons. The molecule has 0 aliphatic rings. The second kappa shape index (κ2) is 3.90. The second-order valence-corrected chi connectivity index (χ2v) is 2.96. The highest BCUT2D eigenvalue weighted by molar-refractivity contribution is 5.85. The number of hydrogen-bond donors (Lipinski definition) is 1. The minimum atomic E-state index is -0.916. The smallest absolute Gasteiger partial charge is 0.328 e. The summed E-state index contributed by atoms with van der Waals surface area (Å²) in [4.78, 5) is 10.3. The Morgan fingerprint density at radius 3 is 2.69 bits per heavy atom. The molecular formula is C11H12O2. The molecule has 0 aromatic heterocycles. The van der Waals surface area contributed by atoms with Gasteiger partial charge >= 0.3 is 5.97 Å². The molecule has 0 aliphatic carbocycles. The molecule has 13 heavy (non-hydrogen) atoms. The van der Waals surface area contributed by atoms with Crippen molar-refractivity contribution in [1.82, 2.24) is 0 Å². The predicted molar refractivity (Wildman–Crippen MR) is 52.6 cm³/mol. The van der Waals surface area contributed by atoms with Crippen molar-refractivity contribution in [3.63, 3.8) is 0 Å². The van der Waals surface area contributed by atoms with E-state index >= 15 is 0 Å². The molecule has 0 spiro atoms. The summed E-state index contributed by atoms with van der Waals surface area (Å²) in [5, 5.41) is 8.45. The van der Waals surface area contributed by atoms with Crippen LogP contribution >= 0.6 is 0 Å². The molecule has 1 N–H and O–H groups in total. The molecule has 2 heteroatoms. The summed E-state index contributed by atoms with van der Waals surface area (Å²) in [5.41, 5.74) is 3.26. The lowest BCUT2D eigenvalue weighted by atomic mass is 10.0. The van der Waals surface area contributed by atoms with E-state index < -0.39 is 5.97 Å². The van der Waals surface area contributed by atoms with Crippen molar-refractivity contribution in [2.45, 2.75) is 13.8 Å². The van der Waals surface area contributed by atoms with E-state index in [0.29, 0.717) is 0 Å². The zero-order chi connectivity index (χ0) is 9.84. The van der Waals surface area contributed by atoms with Crippen LogP contribution in [-0.2, 0) is 4.79 Å².